The molecule has 142 valence electrons. The van der Waals surface area contributed by atoms with Crippen molar-refractivity contribution in [2.75, 3.05) is 22.5 Å². The van der Waals surface area contributed by atoms with Crippen molar-refractivity contribution in [1.82, 2.24) is 9.97 Å². The van der Waals surface area contributed by atoms with Crippen molar-refractivity contribution in [3.63, 3.8) is 0 Å². The van der Waals surface area contributed by atoms with Crippen LogP contribution in [-0.4, -0.2) is 28.2 Å². The summed E-state index contributed by atoms with van der Waals surface area (Å²) in [6, 6.07) is 9.37. The van der Waals surface area contributed by atoms with E-state index in [1.807, 2.05) is 44.2 Å². The fraction of sp³-hybridized carbons (Fsp3) is 0.400. The quantitative estimate of drug-likeness (QED) is 0.721. The number of nitrogens with zero attached hydrogens (tertiary/aromatic N) is 2. The summed E-state index contributed by atoms with van der Waals surface area (Å²) >= 11 is 0. The number of rotatable bonds is 6. The first-order chi connectivity index (χ1) is 13.0. The van der Waals surface area contributed by atoms with E-state index in [-0.39, 0.29) is 17.6 Å². The van der Waals surface area contributed by atoms with Gasteiger partial charge in [-0.3, -0.25) is 9.59 Å². The van der Waals surface area contributed by atoms with Crippen molar-refractivity contribution in [2.24, 2.45) is 5.92 Å². The molecule has 1 fully saturated rings. The minimum absolute atomic E-state index is 0.00934. The maximum atomic E-state index is 12.3. The maximum absolute atomic E-state index is 12.3. The summed E-state index contributed by atoms with van der Waals surface area (Å²) in [5.41, 5.74) is 2.49. The highest BCUT2D eigenvalue weighted by Crippen LogP contribution is 2.24. The Morgan fingerprint density at radius 1 is 1.11 bits per heavy atom. The van der Waals surface area contributed by atoms with Crippen molar-refractivity contribution >= 4 is 34.8 Å². The number of hydrogen-bond donors (Lipinski definition) is 3. The monoisotopic (exact) mass is 367 g/mol. The molecule has 7 nitrogen and oxygen atoms in total. The second-order valence-corrected chi connectivity index (χ2v) is 6.75. The fourth-order valence-electron chi connectivity index (χ4n) is 3.10. The minimum atomic E-state index is -0.0750. The predicted molar refractivity (Wildman–Crippen MR) is 106 cm³/mol. The average molecular weight is 367 g/mol. The molecular formula is C20H25N5O2. The predicted octanol–water partition coefficient (Wildman–Crippen LogP) is 3.66. The van der Waals surface area contributed by atoms with E-state index < -0.39 is 0 Å². The number of Topliss-reactive ketones (excluding diaryl/α,β-unsaturated/α-hetero) is 1. The zero-order valence-electron chi connectivity index (χ0n) is 15.7. The van der Waals surface area contributed by atoms with Crippen LogP contribution in [-0.2, 0) is 9.59 Å². The number of benzene rings is 1. The largest absolute Gasteiger partial charge is 0.354 e. The molecule has 3 rings (SSSR count). The Labute approximate surface area is 159 Å². The van der Waals surface area contributed by atoms with Gasteiger partial charge in [-0.1, -0.05) is 0 Å². The Morgan fingerprint density at radius 2 is 1.78 bits per heavy atom. The zero-order chi connectivity index (χ0) is 19.2. The zero-order valence-corrected chi connectivity index (χ0v) is 15.7. The van der Waals surface area contributed by atoms with Crippen LogP contribution in [0.15, 0.2) is 30.3 Å². The molecule has 0 saturated heterocycles. The first-order valence-corrected chi connectivity index (χ1v) is 9.32. The molecule has 2 aromatic rings. The Bertz CT molecular complexity index is 810. The third-order valence-corrected chi connectivity index (χ3v) is 4.53. The molecule has 1 aliphatic carbocycles. The number of carbonyl (C=O) groups is 2. The topological polar surface area (TPSA) is 96.0 Å². The van der Waals surface area contributed by atoms with Gasteiger partial charge in [0.05, 0.1) is 0 Å². The molecule has 1 amide bonds. The van der Waals surface area contributed by atoms with E-state index in [1.54, 1.807) is 0 Å². The van der Waals surface area contributed by atoms with Crippen LogP contribution < -0.4 is 16.0 Å². The van der Waals surface area contributed by atoms with Crippen LogP contribution in [0.3, 0.4) is 0 Å². The van der Waals surface area contributed by atoms with E-state index in [0.29, 0.717) is 37.4 Å². The van der Waals surface area contributed by atoms with Crippen LogP contribution in [0, 0.1) is 12.8 Å². The van der Waals surface area contributed by atoms with Crippen LogP contribution >= 0.6 is 0 Å². The number of ketones is 1. The highest BCUT2D eigenvalue weighted by Gasteiger charge is 2.24. The SMILES string of the molecule is CCNc1nc(C)cc(Nc2ccc(NC(=O)C3CCC(=O)CC3)cc2)n1. The van der Waals surface area contributed by atoms with Crippen LogP contribution in [0.5, 0.6) is 0 Å². The molecule has 1 aliphatic rings. The number of aryl methyl sites for hydroxylation is 1. The van der Waals surface area contributed by atoms with Gasteiger partial charge in [-0.2, -0.15) is 4.98 Å². The summed E-state index contributed by atoms with van der Waals surface area (Å²) in [4.78, 5) is 32.4. The molecule has 27 heavy (non-hydrogen) atoms. The number of nitrogens with one attached hydrogen (secondary N) is 3. The lowest BCUT2D eigenvalue weighted by molar-refractivity contribution is -0.125. The lowest BCUT2D eigenvalue weighted by Crippen LogP contribution is -2.27. The van der Waals surface area contributed by atoms with Crippen LogP contribution in [0.4, 0.5) is 23.1 Å². The van der Waals surface area contributed by atoms with E-state index in [9.17, 15) is 9.59 Å². The molecule has 0 radical (unpaired) electrons. The third kappa shape index (κ3) is 5.26. The summed E-state index contributed by atoms with van der Waals surface area (Å²) in [6.07, 6.45) is 2.30. The van der Waals surface area contributed by atoms with Gasteiger partial charge in [0.25, 0.3) is 0 Å². The normalized spacial score (nSPS) is 14.7. The smallest absolute Gasteiger partial charge is 0.227 e. The molecule has 1 aromatic carbocycles. The fourth-order valence-corrected chi connectivity index (χ4v) is 3.10. The van der Waals surface area contributed by atoms with Crippen molar-refractivity contribution < 1.29 is 9.59 Å². The number of carbonyl (C=O) groups excluding carboxylic acids is 2. The molecule has 3 N–H and O–H groups in total. The van der Waals surface area contributed by atoms with Crippen molar-refractivity contribution in [1.29, 1.82) is 0 Å². The Hall–Kier alpha value is -2.96. The second-order valence-electron chi connectivity index (χ2n) is 6.75. The van der Waals surface area contributed by atoms with Gasteiger partial charge < -0.3 is 16.0 Å². The van der Waals surface area contributed by atoms with E-state index in [4.69, 9.17) is 0 Å². The van der Waals surface area contributed by atoms with Gasteiger partial charge in [-0.15, -0.1) is 0 Å². The average Bonchev–Trinajstić information content (AvgIpc) is 2.64. The standard InChI is InChI=1S/C20H25N5O2/c1-3-21-20-22-13(2)12-18(25-20)23-15-6-8-16(9-7-15)24-19(27)14-4-10-17(26)11-5-14/h6-9,12,14H,3-5,10-11H2,1-2H3,(H,24,27)(H2,21,22,23,25). The summed E-state index contributed by atoms with van der Waals surface area (Å²) in [7, 11) is 0. The molecule has 7 heteroatoms. The molecule has 0 atom stereocenters. The van der Waals surface area contributed by atoms with E-state index in [0.717, 1.165) is 23.6 Å². The summed E-state index contributed by atoms with van der Waals surface area (Å²) < 4.78 is 0. The number of hydrogen-bond acceptors (Lipinski definition) is 6. The van der Waals surface area contributed by atoms with Gasteiger partial charge in [0, 0.05) is 48.4 Å². The van der Waals surface area contributed by atoms with E-state index in [1.165, 1.54) is 0 Å². The second kappa shape index (κ2) is 8.62. The molecule has 1 heterocycles. The Balaban J connectivity index is 1.60. The molecule has 0 bridgehead atoms. The van der Waals surface area contributed by atoms with Gasteiger partial charge >= 0.3 is 0 Å². The first-order valence-electron chi connectivity index (χ1n) is 9.32. The highest BCUT2D eigenvalue weighted by molar-refractivity contribution is 5.94. The molecule has 1 aromatic heterocycles. The molecule has 0 aliphatic heterocycles. The summed E-state index contributed by atoms with van der Waals surface area (Å²) in [6.45, 7) is 4.68. The van der Waals surface area contributed by atoms with Crippen molar-refractivity contribution in [3.05, 3.63) is 36.0 Å². The number of anilines is 4. The number of aromatic nitrogens is 2. The Morgan fingerprint density at radius 3 is 2.44 bits per heavy atom. The van der Waals surface area contributed by atoms with E-state index >= 15 is 0 Å². The molecular weight excluding hydrogens is 342 g/mol. The van der Waals surface area contributed by atoms with Gasteiger partial charge in [0.15, 0.2) is 0 Å². The summed E-state index contributed by atoms with van der Waals surface area (Å²) in [5, 5.41) is 9.30. The Kier molecular flexibility index (Phi) is 6.01. The van der Waals surface area contributed by atoms with Gasteiger partial charge in [-0.25, -0.2) is 4.98 Å². The lowest BCUT2D eigenvalue weighted by atomic mass is 9.88. The van der Waals surface area contributed by atoms with Gasteiger partial charge in [-0.05, 0) is 51.0 Å². The highest BCUT2D eigenvalue weighted by atomic mass is 16.2. The first kappa shape index (κ1) is 18.8. The van der Waals surface area contributed by atoms with Crippen molar-refractivity contribution in [2.45, 2.75) is 39.5 Å². The molecule has 0 spiro atoms. The number of amides is 1. The molecule has 0 unspecified atom stereocenters. The lowest BCUT2D eigenvalue weighted by Gasteiger charge is -2.20. The van der Waals surface area contributed by atoms with E-state index in [2.05, 4.69) is 25.9 Å². The molecule has 1 saturated carbocycles. The van der Waals surface area contributed by atoms with Crippen molar-refractivity contribution in [3.8, 4) is 0 Å². The minimum Gasteiger partial charge on any atom is -0.354 e. The van der Waals surface area contributed by atoms with Crippen LogP contribution in [0.25, 0.3) is 0 Å². The maximum Gasteiger partial charge on any atom is 0.227 e. The summed E-state index contributed by atoms with van der Waals surface area (Å²) in [5.74, 6) is 1.47. The third-order valence-electron chi connectivity index (χ3n) is 4.53. The van der Waals surface area contributed by atoms with Crippen LogP contribution in [0.2, 0.25) is 0 Å². The van der Waals surface area contributed by atoms with Gasteiger partial charge in [0.2, 0.25) is 11.9 Å². The van der Waals surface area contributed by atoms with Crippen LogP contribution in [0.1, 0.15) is 38.3 Å². The van der Waals surface area contributed by atoms with Gasteiger partial charge in [0.1, 0.15) is 11.6 Å².